The minimum atomic E-state index is -0.0269. The number of nitrogens with zero attached hydrogens (tertiary/aromatic N) is 2. The lowest BCUT2D eigenvalue weighted by molar-refractivity contribution is 0.0928. The third kappa shape index (κ3) is 2.34. The standard InChI is InChI=1S/C12H20N4O/c1-8-10(7-14-16(8)2)12(17)15-11-5-3-4-9(11)6-13/h7,9,11H,3-6,13H2,1-2H3,(H,15,17). The molecule has 1 amide bonds. The van der Waals surface area contributed by atoms with Gasteiger partial charge in [0.25, 0.3) is 5.91 Å². The zero-order chi connectivity index (χ0) is 12.4. The summed E-state index contributed by atoms with van der Waals surface area (Å²) in [6.45, 7) is 2.55. The number of carbonyl (C=O) groups is 1. The summed E-state index contributed by atoms with van der Waals surface area (Å²) >= 11 is 0. The molecule has 2 atom stereocenters. The van der Waals surface area contributed by atoms with Crippen molar-refractivity contribution in [3.63, 3.8) is 0 Å². The average Bonchev–Trinajstić information content (AvgIpc) is 2.87. The molecule has 2 unspecified atom stereocenters. The zero-order valence-electron chi connectivity index (χ0n) is 10.4. The normalized spacial score (nSPS) is 23.9. The largest absolute Gasteiger partial charge is 0.349 e. The Balaban J connectivity index is 2.04. The van der Waals surface area contributed by atoms with Crippen molar-refractivity contribution in [2.75, 3.05) is 6.54 Å². The van der Waals surface area contributed by atoms with E-state index in [1.807, 2.05) is 14.0 Å². The Hall–Kier alpha value is -1.36. The molecule has 5 heteroatoms. The second kappa shape index (κ2) is 4.87. The number of nitrogens with two attached hydrogens (primary N) is 1. The summed E-state index contributed by atoms with van der Waals surface area (Å²) in [5.74, 6) is 0.400. The first kappa shape index (κ1) is 12.1. The quantitative estimate of drug-likeness (QED) is 0.806. The van der Waals surface area contributed by atoms with Crippen molar-refractivity contribution in [2.45, 2.75) is 32.2 Å². The van der Waals surface area contributed by atoms with E-state index in [0.29, 0.717) is 18.0 Å². The summed E-state index contributed by atoms with van der Waals surface area (Å²) in [6.07, 6.45) is 4.93. The average molecular weight is 236 g/mol. The maximum Gasteiger partial charge on any atom is 0.254 e. The molecule has 1 aliphatic rings. The summed E-state index contributed by atoms with van der Waals surface area (Å²) in [7, 11) is 1.84. The van der Waals surface area contributed by atoms with Crippen LogP contribution in [0.15, 0.2) is 6.20 Å². The van der Waals surface area contributed by atoms with Crippen LogP contribution in [0.4, 0.5) is 0 Å². The van der Waals surface area contributed by atoms with Gasteiger partial charge in [-0.25, -0.2) is 0 Å². The Bertz CT molecular complexity index is 413. The highest BCUT2D eigenvalue weighted by Gasteiger charge is 2.28. The molecule has 0 aliphatic heterocycles. The van der Waals surface area contributed by atoms with Crippen LogP contribution in [-0.2, 0) is 7.05 Å². The molecule has 0 spiro atoms. The lowest BCUT2D eigenvalue weighted by Gasteiger charge is -2.19. The van der Waals surface area contributed by atoms with Gasteiger partial charge in [0.15, 0.2) is 0 Å². The van der Waals surface area contributed by atoms with E-state index in [-0.39, 0.29) is 11.9 Å². The Morgan fingerprint density at radius 1 is 1.65 bits per heavy atom. The van der Waals surface area contributed by atoms with E-state index < -0.39 is 0 Å². The van der Waals surface area contributed by atoms with E-state index in [0.717, 1.165) is 25.0 Å². The molecule has 5 nitrogen and oxygen atoms in total. The van der Waals surface area contributed by atoms with Crippen LogP contribution >= 0.6 is 0 Å². The fraction of sp³-hybridized carbons (Fsp3) is 0.667. The predicted molar refractivity (Wildman–Crippen MR) is 65.6 cm³/mol. The fourth-order valence-corrected chi connectivity index (χ4v) is 2.48. The molecule has 3 N–H and O–H groups in total. The zero-order valence-corrected chi connectivity index (χ0v) is 10.4. The number of nitrogens with one attached hydrogen (secondary N) is 1. The molecule has 2 rings (SSSR count). The summed E-state index contributed by atoms with van der Waals surface area (Å²) in [6, 6.07) is 0.229. The van der Waals surface area contributed by atoms with Gasteiger partial charge in [-0.2, -0.15) is 5.10 Å². The van der Waals surface area contributed by atoms with Crippen LogP contribution in [0.3, 0.4) is 0 Å². The van der Waals surface area contributed by atoms with Crippen molar-refractivity contribution in [2.24, 2.45) is 18.7 Å². The van der Waals surface area contributed by atoms with E-state index >= 15 is 0 Å². The Morgan fingerprint density at radius 2 is 2.41 bits per heavy atom. The molecule has 1 aromatic heterocycles. The van der Waals surface area contributed by atoms with Crippen LogP contribution in [-0.4, -0.2) is 28.3 Å². The van der Waals surface area contributed by atoms with Crippen LogP contribution in [0.25, 0.3) is 0 Å². The Kier molecular flexibility index (Phi) is 3.47. The molecule has 1 saturated carbocycles. The summed E-state index contributed by atoms with van der Waals surface area (Å²) in [5.41, 5.74) is 7.26. The van der Waals surface area contributed by atoms with Gasteiger partial charge in [-0.3, -0.25) is 9.48 Å². The van der Waals surface area contributed by atoms with Crippen molar-refractivity contribution in [3.05, 3.63) is 17.5 Å². The Labute approximate surface area is 101 Å². The molecule has 94 valence electrons. The summed E-state index contributed by atoms with van der Waals surface area (Å²) < 4.78 is 1.71. The first-order valence-corrected chi connectivity index (χ1v) is 6.13. The van der Waals surface area contributed by atoms with Crippen LogP contribution < -0.4 is 11.1 Å². The van der Waals surface area contributed by atoms with E-state index in [9.17, 15) is 4.79 Å². The van der Waals surface area contributed by atoms with Crippen molar-refractivity contribution < 1.29 is 4.79 Å². The maximum absolute atomic E-state index is 12.1. The SMILES string of the molecule is Cc1c(C(=O)NC2CCCC2CN)cnn1C. The van der Waals surface area contributed by atoms with Crippen LogP contribution in [0.5, 0.6) is 0 Å². The molecule has 0 aromatic carbocycles. The van der Waals surface area contributed by atoms with Crippen LogP contribution in [0.1, 0.15) is 35.3 Å². The summed E-state index contributed by atoms with van der Waals surface area (Å²) in [4.78, 5) is 12.1. The smallest absolute Gasteiger partial charge is 0.254 e. The highest BCUT2D eigenvalue weighted by atomic mass is 16.1. The molecular formula is C12H20N4O. The third-order valence-electron chi connectivity index (χ3n) is 3.76. The second-order valence-electron chi connectivity index (χ2n) is 4.77. The molecule has 1 aliphatic carbocycles. The summed E-state index contributed by atoms with van der Waals surface area (Å²) in [5, 5.41) is 7.16. The second-order valence-corrected chi connectivity index (χ2v) is 4.77. The molecule has 1 heterocycles. The highest BCUT2D eigenvalue weighted by molar-refractivity contribution is 5.95. The van der Waals surface area contributed by atoms with Gasteiger partial charge in [0.2, 0.25) is 0 Å². The predicted octanol–water partition coefficient (Wildman–Crippen LogP) is 0.586. The number of hydrogen-bond acceptors (Lipinski definition) is 3. The number of rotatable bonds is 3. The molecule has 1 fully saturated rings. The molecule has 0 saturated heterocycles. The number of aromatic nitrogens is 2. The van der Waals surface area contributed by atoms with E-state index in [1.54, 1.807) is 10.9 Å². The van der Waals surface area contributed by atoms with E-state index in [4.69, 9.17) is 5.73 Å². The molecule has 17 heavy (non-hydrogen) atoms. The lowest BCUT2D eigenvalue weighted by atomic mass is 10.0. The first-order valence-electron chi connectivity index (χ1n) is 6.13. The van der Waals surface area contributed by atoms with Crippen molar-refractivity contribution >= 4 is 5.91 Å². The lowest BCUT2D eigenvalue weighted by Crippen LogP contribution is -2.40. The van der Waals surface area contributed by atoms with Crippen molar-refractivity contribution in [3.8, 4) is 0 Å². The third-order valence-corrected chi connectivity index (χ3v) is 3.76. The van der Waals surface area contributed by atoms with Gasteiger partial charge in [-0.1, -0.05) is 6.42 Å². The molecule has 0 radical (unpaired) electrons. The molecule has 1 aromatic rings. The van der Waals surface area contributed by atoms with Gasteiger partial charge in [-0.15, -0.1) is 0 Å². The van der Waals surface area contributed by atoms with Gasteiger partial charge >= 0.3 is 0 Å². The topological polar surface area (TPSA) is 72.9 Å². The van der Waals surface area contributed by atoms with Gasteiger partial charge in [-0.05, 0) is 32.2 Å². The molecular weight excluding hydrogens is 216 g/mol. The number of aryl methyl sites for hydroxylation is 1. The Morgan fingerprint density at radius 3 is 3.00 bits per heavy atom. The van der Waals surface area contributed by atoms with Gasteiger partial charge in [0, 0.05) is 18.8 Å². The molecule has 0 bridgehead atoms. The minimum absolute atomic E-state index is 0.0269. The first-order chi connectivity index (χ1) is 8.13. The maximum atomic E-state index is 12.1. The monoisotopic (exact) mass is 236 g/mol. The van der Waals surface area contributed by atoms with Gasteiger partial charge < -0.3 is 11.1 Å². The minimum Gasteiger partial charge on any atom is -0.349 e. The van der Waals surface area contributed by atoms with Crippen molar-refractivity contribution in [1.29, 1.82) is 0 Å². The van der Waals surface area contributed by atoms with E-state index in [1.165, 1.54) is 0 Å². The number of amides is 1. The van der Waals surface area contributed by atoms with Crippen LogP contribution in [0.2, 0.25) is 0 Å². The van der Waals surface area contributed by atoms with Crippen LogP contribution in [0, 0.1) is 12.8 Å². The fourth-order valence-electron chi connectivity index (χ4n) is 2.48. The number of carbonyl (C=O) groups excluding carboxylic acids is 1. The number of hydrogen-bond donors (Lipinski definition) is 2. The van der Waals surface area contributed by atoms with Gasteiger partial charge in [0.1, 0.15) is 0 Å². The van der Waals surface area contributed by atoms with Gasteiger partial charge in [0.05, 0.1) is 11.8 Å². The van der Waals surface area contributed by atoms with Crippen molar-refractivity contribution in [1.82, 2.24) is 15.1 Å². The van der Waals surface area contributed by atoms with E-state index in [2.05, 4.69) is 10.4 Å². The highest BCUT2D eigenvalue weighted by Crippen LogP contribution is 2.25.